The third kappa shape index (κ3) is 3.14. The van der Waals surface area contributed by atoms with Crippen molar-refractivity contribution in [3.8, 4) is 0 Å². The zero-order chi connectivity index (χ0) is 13.0. The second kappa shape index (κ2) is 5.93. The van der Waals surface area contributed by atoms with E-state index in [1.54, 1.807) is 13.0 Å². The summed E-state index contributed by atoms with van der Waals surface area (Å²) in [5.74, 6) is -1.40. The van der Waals surface area contributed by atoms with E-state index in [0.29, 0.717) is 17.3 Å². The van der Waals surface area contributed by atoms with Gasteiger partial charge in [-0.05, 0) is 17.2 Å². The fourth-order valence-electron chi connectivity index (χ4n) is 1.47. The molecule has 1 atom stereocenters. The summed E-state index contributed by atoms with van der Waals surface area (Å²) in [5.41, 5.74) is 1.47. The molecule has 1 unspecified atom stereocenters. The van der Waals surface area contributed by atoms with E-state index in [0.717, 1.165) is 5.56 Å². The van der Waals surface area contributed by atoms with E-state index in [9.17, 15) is 14.7 Å². The highest BCUT2D eigenvalue weighted by Gasteiger charge is 2.18. The number of carbonyl (C=O) groups excluding carboxylic acids is 1. The van der Waals surface area contributed by atoms with Gasteiger partial charge in [-0.1, -0.05) is 35.0 Å². The molecule has 1 aromatic carbocycles. The van der Waals surface area contributed by atoms with Crippen molar-refractivity contribution >= 4 is 27.7 Å². The molecule has 0 aliphatic rings. The van der Waals surface area contributed by atoms with Gasteiger partial charge >= 0.3 is 5.97 Å². The van der Waals surface area contributed by atoms with Crippen molar-refractivity contribution in [1.29, 1.82) is 0 Å². The summed E-state index contributed by atoms with van der Waals surface area (Å²) in [6.45, 7) is 1.74. The summed E-state index contributed by atoms with van der Waals surface area (Å²) in [6.07, 6.45) is -1.25. The van der Waals surface area contributed by atoms with Gasteiger partial charge in [-0.15, -0.1) is 0 Å². The first-order valence-electron chi connectivity index (χ1n) is 5.14. The van der Waals surface area contributed by atoms with Crippen LogP contribution in [-0.2, 0) is 10.1 Å². The van der Waals surface area contributed by atoms with Crippen LogP contribution >= 0.6 is 15.9 Å². The average molecular weight is 301 g/mol. The lowest BCUT2D eigenvalue weighted by atomic mass is 9.98. The molecule has 1 rings (SSSR count). The second-order valence-corrected chi connectivity index (χ2v) is 4.13. The minimum atomic E-state index is -1.59. The number of rotatable bonds is 5. The van der Waals surface area contributed by atoms with Crippen molar-refractivity contribution in [2.45, 2.75) is 24.8 Å². The van der Waals surface area contributed by atoms with E-state index in [1.807, 2.05) is 0 Å². The Bertz CT molecular complexity index is 442. The largest absolute Gasteiger partial charge is 0.479 e. The van der Waals surface area contributed by atoms with Gasteiger partial charge in [-0.2, -0.15) is 0 Å². The van der Waals surface area contributed by atoms with Crippen LogP contribution in [0.4, 0.5) is 0 Å². The summed E-state index contributed by atoms with van der Waals surface area (Å²) in [6, 6.07) is 4.61. The molecule has 4 nitrogen and oxygen atoms in total. The van der Waals surface area contributed by atoms with Gasteiger partial charge in [0.2, 0.25) is 0 Å². The van der Waals surface area contributed by atoms with Gasteiger partial charge in [-0.3, -0.25) is 4.79 Å². The summed E-state index contributed by atoms with van der Waals surface area (Å²) in [5, 5.41) is 18.6. The molecule has 0 fully saturated rings. The summed E-state index contributed by atoms with van der Waals surface area (Å²) in [4.78, 5) is 22.3. The molecule has 2 N–H and O–H groups in total. The van der Waals surface area contributed by atoms with Crippen LogP contribution in [0.2, 0.25) is 0 Å². The molecule has 0 aromatic heterocycles. The lowest BCUT2D eigenvalue weighted by molar-refractivity contribution is -0.146. The lowest BCUT2D eigenvalue weighted by Crippen LogP contribution is -2.12. The van der Waals surface area contributed by atoms with Crippen molar-refractivity contribution in [2.75, 3.05) is 0 Å². The first-order chi connectivity index (χ1) is 8.01. The summed E-state index contributed by atoms with van der Waals surface area (Å²) < 4.78 is 0. The number of carboxylic acid groups (broad SMARTS) is 1. The summed E-state index contributed by atoms with van der Waals surface area (Å²) >= 11 is 3.27. The number of Topliss-reactive ketones (excluding diaryl/α,β-unsaturated/α-hetero) is 1. The molecule has 0 amide bonds. The quantitative estimate of drug-likeness (QED) is 0.646. The molecule has 0 spiro atoms. The van der Waals surface area contributed by atoms with Gasteiger partial charge in [0.1, 0.15) is 0 Å². The monoisotopic (exact) mass is 300 g/mol. The Morgan fingerprint density at radius 2 is 2.06 bits per heavy atom. The number of carbonyl (C=O) groups is 2. The van der Waals surface area contributed by atoms with Crippen LogP contribution in [0.5, 0.6) is 0 Å². The van der Waals surface area contributed by atoms with Gasteiger partial charge in [0.15, 0.2) is 11.9 Å². The molecule has 0 radical (unpaired) electrons. The maximum atomic E-state index is 11.7. The predicted octanol–water partition coefficient (Wildman–Crippen LogP) is 2.29. The van der Waals surface area contributed by atoms with Gasteiger partial charge < -0.3 is 10.2 Å². The van der Waals surface area contributed by atoms with Crippen LogP contribution in [0.1, 0.15) is 40.9 Å². The maximum Gasteiger partial charge on any atom is 0.337 e. The SMILES string of the molecule is CCC(=O)c1cc(C(O)C(=O)O)ccc1CBr. The Labute approximate surface area is 107 Å². The Morgan fingerprint density at radius 3 is 2.53 bits per heavy atom. The van der Waals surface area contributed by atoms with E-state index in [-0.39, 0.29) is 11.3 Å². The molecule has 0 heterocycles. The van der Waals surface area contributed by atoms with Crippen molar-refractivity contribution < 1.29 is 19.8 Å². The van der Waals surface area contributed by atoms with E-state index in [2.05, 4.69) is 15.9 Å². The Hall–Kier alpha value is -1.20. The number of aliphatic carboxylic acids is 1. The summed E-state index contributed by atoms with van der Waals surface area (Å²) in [7, 11) is 0. The molecule has 17 heavy (non-hydrogen) atoms. The Morgan fingerprint density at radius 1 is 1.41 bits per heavy atom. The van der Waals surface area contributed by atoms with Crippen LogP contribution in [0, 0.1) is 0 Å². The number of ketones is 1. The first kappa shape index (κ1) is 13.9. The highest BCUT2D eigenvalue weighted by atomic mass is 79.9. The number of hydrogen-bond donors (Lipinski definition) is 2. The fourth-order valence-corrected chi connectivity index (χ4v) is 1.96. The molecule has 0 aliphatic carbocycles. The number of benzene rings is 1. The third-order valence-corrected chi connectivity index (χ3v) is 3.05. The van der Waals surface area contributed by atoms with E-state index >= 15 is 0 Å². The van der Waals surface area contributed by atoms with Crippen LogP contribution in [0.15, 0.2) is 18.2 Å². The number of aliphatic hydroxyl groups is 1. The number of aliphatic hydroxyl groups excluding tert-OH is 1. The van der Waals surface area contributed by atoms with Crippen molar-refractivity contribution in [2.24, 2.45) is 0 Å². The Balaban J connectivity index is 3.22. The number of halogens is 1. The topological polar surface area (TPSA) is 74.6 Å². The van der Waals surface area contributed by atoms with Gasteiger partial charge in [-0.25, -0.2) is 4.79 Å². The second-order valence-electron chi connectivity index (χ2n) is 3.57. The molecule has 0 saturated carbocycles. The number of hydrogen-bond acceptors (Lipinski definition) is 3. The number of carboxylic acids is 1. The minimum Gasteiger partial charge on any atom is -0.479 e. The lowest BCUT2D eigenvalue weighted by Gasteiger charge is -2.10. The first-order valence-corrected chi connectivity index (χ1v) is 6.26. The standard InChI is InChI=1S/C12H13BrO4/c1-2-10(14)9-5-7(11(15)12(16)17)3-4-8(9)6-13/h3-5,11,15H,2,6H2,1H3,(H,16,17). The predicted molar refractivity (Wildman–Crippen MR) is 66.3 cm³/mol. The van der Waals surface area contributed by atoms with Crippen LogP contribution in [-0.4, -0.2) is 22.0 Å². The van der Waals surface area contributed by atoms with Gasteiger partial charge in [0.05, 0.1) is 0 Å². The zero-order valence-corrected chi connectivity index (χ0v) is 10.9. The molecule has 1 aromatic rings. The van der Waals surface area contributed by atoms with Crippen molar-refractivity contribution in [3.05, 3.63) is 34.9 Å². The molecule has 5 heteroatoms. The van der Waals surface area contributed by atoms with Crippen molar-refractivity contribution in [1.82, 2.24) is 0 Å². The molecule has 0 aliphatic heterocycles. The molecule has 92 valence electrons. The average Bonchev–Trinajstić information content (AvgIpc) is 2.35. The smallest absolute Gasteiger partial charge is 0.337 e. The fraction of sp³-hybridized carbons (Fsp3) is 0.333. The zero-order valence-electron chi connectivity index (χ0n) is 9.31. The van der Waals surface area contributed by atoms with Crippen LogP contribution in [0.25, 0.3) is 0 Å². The van der Waals surface area contributed by atoms with Crippen LogP contribution in [0.3, 0.4) is 0 Å². The molecule has 0 saturated heterocycles. The third-order valence-electron chi connectivity index (χ3n) is 2.45. The van der Waals surface area contributed by atoms with Crippen molar-refractivity contribution in [3.63, 3.8) is 0 Å². The highest BCUT2D eigenvalue weighted by molar-refractivity contribution is 9.08. The Kier molecular flexibility index (Phi) is 4.84. The van der Waals surface area contributed by atoms with E-state index in [4.69, 9.17) is 5.11 Å². The molecule has 0 bridgehead atoms. The normalized spacial score (nSPS) is 12.2. The van der Waals surface area contributed by atoms with Gasteiger partial charge in [0.25, 0.3) is 0 Å². The number of alkyl halides is 1. The molecular formula is C12H13BrO4. The van der Waals surface area contributed by atoms with Gasteiger partial charge in [0, 0.05) is 17.3 Å². The molecular weight excluding hydrogens is 288 g/mol. The van der Waals surface area contributed by atoms with E-state index < -0.39 is 12.1 Å². The highest BCUT2D eigenvalue weighted by Crippen LogP contribution is 2.21. The maximum absolute atomic E-state index is 11.7. The minimum absolute atomic E-state index is 0.0705. The van der Waals surface area contributed by atoms with E-state index in [1.165, 1.54) is 12.1 Å². The van der Waals surface area contributed by atoms with Crippen LogP contribution < -0.4 is 0 Å².